The molecule has 1 aromatic heterocycles. The number of pyridine rings is 1. The molecular weight excluding hydrogens is 326 g/mol. The molecule has 0 amide bonds. The van der Waals surface area contributed by atoms with E-state index in [1.165, 1.54) is 0 Å². The van der Waals surface area contributed by atoms with Gasteiger partial charge in [0.05, 0.1) is 17.1 Å². The average Bonchev–Trinajstić information content (AvgIpc) is 2.57. The number of nitrogens with zero attached hydrogens (tertiary/aromatic N) is 1. The fraction of sp³-hybridized carbons (Fsp3) is 0.158. The molecule has 0 unspecified atom stereocenters. The Kier molecular flexibility index (Phi) is 4.67. The molecule has 3 aromatic rings. The largest absolute Gasteiger partial charge is 0.492 e. The molecule has 0 fully saturated rings. The maximum Gasteiger partial charge on any atom is 0.219 e. The van der Waals surface area contributed by atoms with Gasteiger partial charge in [-0.3, -0.25) is 4.79 Å². The number of rotatable bonds is 5. The minimum absolute atomic E-state index is 0.0289. The van der Waals surface area contributed by atoms with Crippen LogP contribution in [-0.4, -0.2) is 17.4 Å². The van der Waals surface area contributed by atoms with Crippen LogP contribution in [0.5, 0.6) is 17.4 Å². The number of hydrogen-bond acceptors (Lipinski definition) is 4. The Morgan fingerprint density at radius 1 is 1.12 bits per heavy atom. The van der Waals surface area contributed by atoms with E-state index in [1.807, 2.05) is 25.1 Å². The number of ketones is 1. The number of carbonyl (C=O) groups is 1. The molecule has 0 bridgehead atoms. The Hall–Kier alpha value is -2.59. The van der Waals surface area contributed by atoms with E-state index < -0.39 is 0 Å². The van der Waals surface area contributed by atoms with Crippen LogP contribution >= 0.6 is 11.6 Å². The van der Waals surface area contributed by atoms with Crippen LogP contribution in [0.1, 0.15) is 24.2 Å². The highest BCUT2D eigenvalue weighted by Crippen LogP contribution is 2.31. The molecule has 0 radical (unpaired) electrons. The van der Waals surface area contributed by atoms with Crippen molar-refractivity contribution in [3.8, 4) is 17.4 Å². The third-order valence-corrected chi connectivity index (χ3v) is 3.79. The number of fused-ring (bicyclic) bond motifs is 1. The van der Waals surface area contributed by atoms with Gasteiger partial charge in [-0.15, -0.1) is 0 Å². The van der Waals surface area contributed by atoms with Crippen molar-refractivity contribution in [1.29, 1.82) is 0 Å². The summed E-state index contributed by atoms with van der Waals surface area (Å²) in [5.74, 6) is 1.69. The summed E-state index contributed by atoms with van der Waals surface area (Å²) in [7, 11) is 0. The van der Waals surface area contributed by atoms with E-state index in [-0.39, 0.29) is 5.78 Å². The molecule has 0 saturated carbocycles. The Labute approximate surface area is 145 Å². The zero-order valence-corrected chi connectivity index (χ0v) is 14.1. The summed E-state index contributed by atoms with van der Waals surface area (Å²) in [6.07, 6.45) is 0. The molecule has 1 heterocycles. The zero-order chi connectivity index (χ0) is 17.1. The maximum atomic E-state index is 11.4. The minimum Gasteiger partial charge on any atom is -0.492 e. The van der Waals surface area contributed by atoms with Gasteiger partial charge >= 0.3 is 0 Å². The fourth-order valence-electron chi connectivity index (χ4n) is 2.32. The molecule has 0 aliphatic carbocycles. The molecule has 3 rings (SSSR count). The summed E-state index contributed by atoms with van der Waals surface area (Å²) >= 11 is 6.16. The number of halogens is 1. The molecule has 0 atom stereocenters. The smallest absolute Gasteiger partial charge is 0.219 e. The van der Waals surface area contributed by atoms with Crippen LogP contribution in [0.4, 0.5) is 0 Å². The van der Waals surface area contributed by atoms with Crippen LogP contribution in [0.25, 0.3) is 10.9 Å². The molecule has 0 saturated heterocycles. The second kappa shape index (κ2) is 6.89. The van der Waals surface area contributed by atoms with Gasteiger partial charge < -0.3 is 9.47 Å². The summed E-state index contributed by atoms with van der Waals surface area (Å²) in [5.41, 5.74) is 1.42. The molecule has 5 heteroatoms. The van der Waals surface area contributed by atoms with Crippen molar-refractivity contribution in [1.82, 2.24) is 4.98 Å². The first-order chi connectivity index (χ1) is 11.6. The van der Waals surface area contributed by atoms with E-state index in [0.29, 0.717) is 34.6 Å². The third-order valence-electron chi connectivity index (χ3n) is 3.50. The van der Waals surface area contributed by atoms with Crippen LogP contribution < -0.4 is 9.47 Å². The highest BCUT2D eigenvalue weighted by atomic mass is 35.5. The minimum atomic E-state index is 0.0289. The zero-order valence-electron chi connectivity index (χ0n) is 13.4. The van der Waals surface area contributed by atoms with Crippen molar-refractivity contribution >= 4 is 28.3 Å². The summed E-state index contributed by atoms with van der Waals surface area (Å²) < 4.78 is 11.2. The van der Waals surface area contributed by atoms with E-state index in [9.17, 15) is 4.79 Å². The highest BCUT2D eigenvalue weighted by molar-refractivity contribution is 6.32. The summed E-state index contributed by atoms with van der Waals surface area (Å²) in [6, 6.07) is 14.3. The van der Waals surface area contributed by atoms with Crippen LogP contribution in [0.2, 0.25) is 5.02 Å². The average molecular weight is 342 g/mol. The number of Topliss-reactive ketones (excluding diaryl/α,β-unsaturated/α-hetero) is 1. The summed E-state index contributed by atoms with van der Waals surface area (Å²) in [4.78, 5) is 15.9. The van der Waals surface area contributed by atoms with Gasteiger partial charge in [-0.2, -0.15) is 0 Å². The van der Waals surface area contributed by atoms with Gasteiger partial charge in [0, 0.05) is 23.1 Å². The monoisotopic (exact) mass is 341 g/mol. The first-order valence-electron chi connectivity index (χ1n) is 7.59. The van der Waals surface area contributed by atoms with Gasteiger partial charge in [0.25, 0.3) is 0 Å². The Morgan fingerprint density at radius 2 is 1.96 bits per heavy atom. The van der Waals surface area contributed by atoms with Crippen LogP contribution in [0, 0.1) is 0 Å². The highest BCUT2D eigenvalue weighted by Gasteiger charge is 2.07. The number of hydrogen-bond donors (Lipinski definition) is 0. The molecule has 2 aromatic carbocycles. The standard InChI is InChI=1S/C19H16ClNO3/c1-3-23-18-8-6-15(11-16(18)20)24-19-9-5-14-10-13(12(2)22)4-7-17(14)21-19/h4-11H,3H2,1-2H3. The van der Waals surface area contributed by atoms with Crippen molar-refractivity contribution in [3.05, 3.63) is 59.1 Å². The molecule has 0 spiro atoms. The van der Waals surface area contributed by atoms with Gasteiger partial charge in [0.15, 0.2) is 5.78 Å². The second-order valence-corrected chi connectivity index (χ2v) is 5.65. The van der Waals surface area contributed by atoms with E-state index in [2.05, 4.69) is 4.98 Å². The molecule has 0 aliphatic heterocycles. The lowest BCUT2D eigenvalue weighted by Crippen LogP contribution is -1.94. The van der Waals surface area contributed by atoms with Crippen LogP contribution in [0.15, 0.2) is 48.5 Å². The quantitative estimate of drug-likeness (QED) is 0.592. The SMILES string of the molecule is CCOc1ccc(Oc2ccc3cc(C(C)=O)ccc3n2)cc1Cl. The van der Waals surface area contributed by atoms with Gasteiger partial charge in [0.2, 0.25) is 5.88 Å². The Bertz CT molecular complexity index is 908. The van der Waals surface area contributed by atoms with Crippen molar-refractivity contribution in [2.24, 2.45) is 0 Å². The number of benzene rings is 2. The van der Waals surface area contributed by atoms with E-state index in [4.69, 9.17) is 21.1 Å². The van der Waals surface area contributed by atoms with Crippen molar-refractivity contribution in [3.63, 3.8) is 0 Å². The van der Waals surface area contributed by atoms with E-state index in [0.717, 1.165) is 10.9 Å². The van der Waals surface area contributed by atoms with Crippen molar-refractivity contribution in [2.45, 2.75) is 13.8 Å². The van der Waals surface area contributed by atoms with E-state index in [1.54, 1.807) is 37.3 Å². The lowest BCUT2D eigenvalue weighted by Gasteiger charge is -2.09. The normalized spacial score (nSPS) is 10.6. The predicted octanol–water partition coefficient (Wildman–Crippen LogP) is 5.28. The predicted molar refractivity (Wildman–Crippen MR) is 94.4 cm³/mol. The molecule has 0 aliphatic rings. The molecule has 4 nitrogen and oxygen atoms in total. The van der Waals surface area contributed by atoms with Crippen molar-refractivity contribution < 1.29 is 14.3 Å². The maximum absolute atomic E-state index is 11.4. The molecule has 24 heavy (non-hydrogen) atoms. The fourth-order valence-corrected chi connectivity index (χ4v) is 2.55. The lowest BCUT2D eigenvalue weighted by molar-refractivity contribution is 0.101. The Morgan fingerprint density at radius 3 is 2.67 bits per heavy atom. The Balaban J connectivity index is 1.86. The van der Waals surface area contributed by atoms with Crippen LogP contribution in [0.3, 0.4) is 0 Å². The second-order valence-electron chi connectivity index (χ2n) is 5.24. The van der Waals surface area contributed by atoms with Gasteiger partial charge in [0.1, 0.15) is 11.5 Å². The van der Waals surface area contributed by atoms with Gasteiger partial charge in [-0.1, -0.05) is 11.6 Å². The van der Waals surface area contributed by atoms with Gasteiger partial charge in [-0.25, -0.2) is 4.98 Å². The number of carbonyl (C=O) groups excluding carboxylic acids is 1. The molecule has 0 N–H and O–H groups in total. The summed E-state index contributed by atoms with van der Waals surface area (Å²) in [6.45, 7) is 3.99. The third kappa shape index (κ3) is 3.49. The number of aromatic nitrogens is 1. The first-order valence-corrected chi connectivity index (χ1v) is 7.96. The molecule has 122 valence electrons. The summed E-state index contributed by atoms with van der Waals surface area (Å²) in [5, 5.41) is 1.38. The first kappa shape index (κ1) is 16.3. The number of ether oxygens (including phenoxy) is 2. The topological polar surface area (TPSA) is 48.4 Å². The van der Waals surface area contributed by atoms with Gasteiger partial charge in [-0.05, 0) is 50.2 Å². The van der Waals surface area contributed by atoms with Crippen molar-refractivity contribution in [2.75, 3.05) is 6.61 Å². The molecular formula is C19H16ClNO3. The van der Waals surface area contributed by atoms with Crippen LogP contribution in [-0.2, 0) is 0 Å². The van der Waals surface area contributed by atoms with E-state index >= 15 is 0 Å². The lowest BCUT2D eigenvalue weighted by atomic mass is 10.1.